The van der Waals surface area contributed by atoms with Gasteiger partial charge in [-0.1, -0.05) is 55.5 Å². The van der Waals surface area contributed by atoms with Gasteiger partial charge in [0.25, 0.3) is 0 Å². The zero-order valence-corrected chi connectivity index (χ0v) is 13.6. The number of para-hydroxylation sites is 1. The summed E-state index contributed by atoms with van der Waals surface area (Å²) in [6.45, 7) is 1.93. The van der Waals surface area contributed by atoms with E-state index in [1.165, 1.54) is 0 Å². The molecule has 0 bridgehead atoms. The molecule has 7 heteroatoms. The lowest BCUT2D eigenvalue weighted by molar-refractivity contribution is -0.288. The number of rotatable bonds is 5. The Morgan fingerprint density at radius 2 is 1.64 bits per heavy atom. The molecule has 0 aliphatic carbocycles. The average molecular weight is 338 g/mol. The second-order valence-electron chi connectivity index (χ2n) is 5.36. The third-order valence-electron chi connectivity index (χ3n) is 3.74. The maximum absolute atomic E-state index is 10.3. The first-order valence-electron chi connectivity index (χ1n) is 7.79. The number of hydrogen-bond donors (Lipinski definition) is 4. The lowest BCUT2D eigenvalue weighted by Crippen LogP contribution is -2.23. The van der Waals surface area contributed by atoms with Crippen LogP contribution in [0.2, 0.25) is 0 Å². The van der Waals surface area contributed by atoms with Crippen LogP contribution in [0.5, 0.6) is 5.75 Å². The van der Waals surface area contributed by atoms with Gasteiger partial charge >= 0.3 is 0 Å². The number of hydrazine groups is 1. The number of nitrogens with one attached hydrogen (secondary N) is 1. The van der Waals surface area contributed by atoms with Crippen LogP contribution in [-0.4, -0.2) is 30.8 Å². The fraction of sp³-hybridized carbons (Fsp3) is 0.111. The van der Waals surface area contributed by atoms with Crippen molar-refractivity contribution in [1.29, 1.82) is 0 Å². The number of aromatic nitrogens is 2. The van der Waals surface area contributed by atoms with Crippen molar-refractivity contribution in [3.63, 3.8) is 0 Å². The summed E-state index contributed by atoms with van der Waals surface area (Å²) in [5.74, 6) is 0.171. The normalized spacial score (nSPS) is 10.9. The molecule has 1 heterocycles. The molecule has 0 atom stereocenters. The molecule has 3 rings (SSSR count). The SMILES string of the molecule is CCc1nc(NN(O)O)nc(-c2ccccc2)c1-c1ccccc1O. The highest BCUT2D eigenvalue weighted by Gasteiger charge is 2.19. The van der Waals surface area contributed by atoms with Gasteiger partial charge in [-0.15, -0.1) is 0 Å². The quantitative estimate of drug-likeness (QED) is 0.528. The fourth-order valence-electron chi connectivity index (χ4n) is 2.68. The third-order valence-corrected chi connectivity index (χ3v) is 3.74. The molecule has 0 saturated heterocycles. The Morgan fingerprint density at radius 3 is 2.28 bits per heavy atom. The van der Waals surface area contributed by atoms with E-state index in [2.05, 4.69) is 15.4 Å². The molecule has 2 aromatic carbocycles. The van der Waals surface area contributed by atoms with E-state index in [0.29, 0.717) is 28.9 Å². The lowest BCUT2D eigenvalue weighted by atomic mass is 9.96. The zero-order chi connectivity index (χ0) is 17.8. The van der Waals surface area contributed by atoms with Crippen LogP contribution in [-0.2, 0) is 6.42 Å². The van der Waals surface area contributed by atoms with Crippen molar-refractivity contribution in [2.75, 3.05) is 5.43 Å². The molecule has 25 heavy (non-hydrogen) atoms. The van der Waals surface area contributed by atoms with Gasteiger partial charge in [0.15, 0.2) is 0 Å². The summed E-state index contributed by atoms with van der Waals surface area (Å²) in [6, 6.07) is 16.4. The molecule has 0 amide bonds. The van der Waals surface area contributed by atoms with E-state index in [1.54, 1.807) is 18.2 Å². The number of phenolic OH excluding ortho intramolecular Hbond substituents is 1. The fourth-order valence-corrected chi connectivity index (χ4v) is 2.68. The van der Waals surface area contributed by atoms with Crippen molar-refractivity contribution in [1.82, 2.24) is 15.3 Å². The number of benzene rings is 2. The van der Waals surface area contributed by atoms with Gasteiger partial charge in [-0.25, -0.2) is 15.4 Å². The van der Waals surface area contributed by atoms with Crippen LogP contribution in [0.1, 0.15) is 12.6 Å². The Balaban J connectivity index is 2.30. The van der Waals surface area contributed by atoms with Crippen molar-refractivity contribution < 1.29 is 15.5 Å². The average Bonchev–Trinajstić information content (AvgIpc) is 2.62. The summed E-state index contributed by atoms with van der Waals surface area (Å²) < 4.78 is 0. The lowest BCUT2D eigenvalue weighted by Gasteiger charge is -2.17. The predicted octanol–water partition coefficient (Wildman–Crippen LogP) is 3.49. The first kappa shape index (κ1) is 16.8. The van der Waals surface area contributed by atoms with Crippen LogP contribution in [0.3, 0.4) is 0 Å². The topological polar surface area (TPSA) is 102 Å². The number of nitrogens with zero attached hydrogens (tertiary/aromatic N) is 3. The van der Waals surface area contributed by atoms with Gasteiger partial charge in [-0.2, -0.15) is 0 Å². The van der Waals surface area contributed by atoms with E-state index in [9.17, 15) is 5.11 Å². The number of anilines is 1. The van der Waals surface area contributed by atoms with Crippen LogP contribution >= 0.6 is 0 Å². The molecule has 0 spiro atoms. The Bertz CT molecular complexity index is 869. The summed E-state index contributed by atoms with van der Waals surface area (Å²) in [5.41, 5.74) is 5.64. The second-order valence-corrected chi connectivity index (χ2v) is 5.36. The molecule has 0 aliphatic rings. The van der Waals surface area contributed by atoms with Crippen molar-refractivity contribution in [3.8, 4) is 28.1 Å². The number of phenols is 1. The highest BCUT2D eigenvalue weighted by atomic mass is 16.8. The van der Waals surface area contributed by atoms with Crippen LogP contribution in [0.4, 0.5) is 5.95 Å². The van der Waals surface area contributed by atoms with Crippen molar-refractivity contribution in [3.05, 3.63) is 60.3 Å². The molecule has 1 aromatic heterocycles. The van der Waals surface area contributed by atoms with Gasteiger partial charge in [0, 0.05) is 22.0 Å². The summed E-state index contributed by atoms with van der Waals surface area (Å²) in [7, 11) is 0. The molecule has 0 saturated carbocycles. The highest BCUT2D eigenvalue weighted by molar-refractivity contribution is 5.85. The van der Waals surface area contributed by atoms with Crippen LogP contribution in [0, 0.1) is 0 Å². The van der Waals surface area contributed by atoms with Crippen molar-refractivity contribution in [2.45, 2.75) is 13.3 Å². The Morgan fingerprint density at radius 1 is 0.960 bits per heavy atom. The number of aryl methyl sites for hydroxylation is 1. The summed E-state index contributed by atoms with van der Waals surface area (Å²) in [4.78, 5) is 8.75. The van der Waals surface area contributed by atoms with Gasteiger partial charge in [0.05, 0.1) is 11.4 Å². The van der Waals surface area contributed by atoms with Crippen LogP contribution < -0.4 is 5.43 Å². The standard InChI is InChI=1S/C18H18N4O3/c1-2-14-16(13-10-6-7-11-15(13)23)17(12-8-4-3-5-9-12)20-18(19-14)21-22(24)25/h3-11,23-25H,2H2,1H3,(H,19,20,21). The Kier molecular flexibility index (Phi) is 4.90. The van der Waals surface area contributed by atoms with Crippen LogP contribution in [0.15, 0.2) is 54.6 Å². The van der Waals surface area contributed by atoms with E-state index in [1.807, 2.05) is 43.3 Å². The molecule has 3 aromatic rings. The predicted molar refractivity (Wildman–Crippen MR) is 93.0 cm³/mol. The summed E-state index contributed by atoms with van der Waals surface area (Å²) >= 11 is 0. The Labute approximate surface area is 144 Å². The largest absolute Gasteiger partial charge is 0.507 e. The third kappa shape index (κ3) is 3.58. The minimum absolute atomic E-state index is 0.0415. The van der Waals surface area contributed by atoms with Gasteiger partial charge in [-0.05, 0) is 12.5 Å². The van der Waals surface area contributed by atoms with Crippen molar-refractivity contribution >= 4 is 5.95 Å². The molecular formula is C18H18N4O3. The smallest absolute Gasteiger partial charge is 0.242 e. The zero-order valence-electron chi connectivity index (χ0n) is 13.6. The van der Waals surface area contributed by atoms with E-state index < -0.39 is 0 Å². The second kappa shape index (κ2) is 7.27. The summed E-state index contributed by atoms with van der Waals surface area (Å²) in [5, 5.41) is 28.2. The van der Waals surface area contributed by atoms with Gasteiger partial charge < -0.3 is 5.11 Å². The Hall–Kier alpha value is -3.00. The van der Waals surface area contributed by atoms with E-state index in [0.717, 1.165) is 5.56 Å². The minimum Gasteiger partial charge on any atom is -0.507 e. The molecule has 0 radical (unpaired) electrons. The number of hydrogen-bond acceptors (Lipinski definition) is 7. The van der Waals surface area contributed by atoms with E-state index in [4.69, 9.17) is 10.4 Å². The first-order valence-corrected chi connectivity index (χ1v) is 7.79. The molecule has 0 aliphatic heterocycles. The monoisotopic (exact) mass is 338 g/mol. The molecule has 4 N–H and O–H groups in total. The molecular weight excluding hydrogens is 320 g/mol. The molecule has 7 nitrogen and oxygen atoms in total. The van der Waals surface area contributed by atoms with Gasteiger partial charge in [0.1, 0.15) is 5.75 Å². The maximum Gasteiger partial charge on any atom is 0.242 e. The molecule has 0 unspecified atom stereocenters. The van der Waals surface area contributed by atoms with Gasteiger partial charge in [-0.3, -0.25) is 10.4 Å². The van der Waals surface area contributed by atoms with E-state index in [-0.39, 0.29) is 17.0 Å². The summed E-state index contributed by atoms with van der Waals surface area (Å²) in [6.07, 6.45) is 0.567. The van der Waals surface area contributed by atoms with Gasteiger partial charge in [0.2, 0.25) is 5.95 Å². The molecule has 128 valence electrons. The van der Waals surface area contributed by atoms with E-state index >= 15 is 0 Å². The van der Waals surface area contributed by atoms with Crippen molar-refractivity contribution in [2.24, 2.45) is 0 Å². The maximum atomic E-state index is 10.3. The highest BCUT2D eigenvalue weighted by Crippen LogP contribution is 2.38. The van der Waals surface area contributed by atoms with Crippen LogP contribution in [0.25, 0.3) is 22.4 Å². The first-order chi connectivity index (χ1) is 12.1. The molecule has 0 fully saturated rings. The number of aromatic hydroxyl groups is 1. The minimum atomic E-state index is -0.191.